The molecule has 0 saturated heterocycles. The smallest absolute Gasteiger partial charge is 0.160 e. The van der Waals surface area contributed by atoms with Crippen molar-refractivity contribution in [2.24, 2.45) is 0 Å². The maximum Gasteiger partial charge on any atom is 0.160 e. The summed E-state index contributed by atoms with van der Waals surface area (Å²) in [5.41, 5.74) is 13.2. The van der Waals surface area contributed by atoms with Crippen LogP contribution in [-0.4, -0.2) is 9.97 Å². The molecule has 8 aromatic carbocycles. The van der Waals surface area contributed by atoms with Gasteiger partial charge in [0.1, 0.15) is 11.2 Å². The molecule has 4 heteroatoms. The lowest BCUT2D eigenvalue weighted by Gasteiger charge is -2.14. The van der Waals surface area contributed by atoms with Gasteiger partial charge in [-0.05, 0) is 76.3 Å². The van der Waals surface area contributed by atoms with Crippen molar-refractivity contribution in [1.82, 2.24) is 9.97 Å². The zero-order valence-corrected chi connectivity index (χ0v) is 31.0. The monoisotopic (exact) mass is 732 g/mol. The van der Waals surface area contributed by atoms with Crippen molar-refractivity contribution in [2.45, 2.75) is 0 Å². The normalized spacial score (nSPS) is 11.6. The van der Waals surface area contributed by atoms with E-state index in [2.05, 4.69) is 158 Å². The average Bonchev–Trinajstić information content (AvgIpc) is 3.85. The second-order valence-corrected chi connectivity index (χ2v) is 15.2. The van der Waals surface area contributed by atoms with Crippen molar-refractivity contribution < 1.29 is 4.42 Å². The van der Waals surface area contributed by atoms with Gasteiger partial charge in [0.25, 0.3) is 0 Å². The lowest BCUT2D eigenvalue weighted by molar-refractivity contribution is 0.670. The van der Waals surface area contributed by atoms with Gasteiger partial charge in [0, 0.05) is 53.2 Å². The van der Waals surface area contributed by atoms with Crippen LogP contribution in [0.2, 0.25) is 0 Å². The summed E-state index contributed by atoms with van der Waals surface area (Å²) in [6.07, 6.45) is 0. The molecule has 3 heterocycles. The third-order valence-corrected chi connectivity index (χ3v) is 11.9. The van der Waals surface area contributed by atoms with Crippen LogP contribution in [0.25, 0.3) is 109 Å². The first-order valence-corrected chi connectivity index (χ1v) is 19.6. The van der Waals surface area contributed by atoms with E-state index in [1.54, 1.807) is 0 Å². The predicted octanol–water partition coefficient (Wildman–Crippen LogP) is 14.7. The molecule has 0 bridgehead atoms. The SMILES string of the molecule is c1ccc(-c2cc(-c3cc(-c4ccc(-c5ccc6sc7ccccc7c6c5)cc4)cc(-c4cccc5c4oc4ccccc45)c3)nc(-c3ccccc3)n2)cc1. The lowest BCUT2D eigenvalue weighted by Crippen LogP contribution is -1.96. The Morgan fingerprint density at radius 1 is 0.339 bits per heavy atom. The zero-order chi connectivity index (χ0) is 37.0. The standard InChI is InChI=1S/C52H32N2OS/c1-3-12-35(13-4-1)46-32-47(54-52(53-46)36-14-5-2-6-15-36)40-29-38(28-39(30-40)41-18-11-19-44-42-16-7-9-20-48(42)55-51(41)44)34-24-22-33(23-25-34)37-26-27-50-45(31-37)43-17-8-10-21-49(43)56-50/h1-32H. The molecule has 56 heavy (non-hydrogen) atoms. The quantitative estimate of drug-likeness (QED) is 0.171. The summed E-state index contributed by atoms with van der Waals surface area (Å²) in [6, 6.07) is 68.6. The highest BCUT2D eigenvalue weighted by Crippen LogP contribution is 2.41. The number of aromatic nitrogens is 2. The number of benzene rings is 8. The van der Waals surface area contributed by atoms with E-state index >= 15 is 0 Å². The maximum absolute atomic E-state index is 6.57. The van der Waals surface area contributed by atoms with Crippen LogP contribution in [0.4, 0.5) is 0 Å². The number of thiophene rings is 1. The van der Waals surface area contributed by atoms with Gasteiger partial charge in [0.05, 0.1) is 11.4 Å². The van der Waals surface area contributed by atoms with Crippen LogP contribution in [0.5, 0.6) is 0 Å². The van der Waals surface area contributed by atoms with Crippen LogP contribution < -0.4 is 0 Å². The molecule has 0 saturated carbocycles. The molecule has 262 valence electrons. The molecule has 0 radical (unpaired) electrons. The number of para-hydroxylation sites is 2. The Morgan fingerprint density at radius 2 is 0.929 bits per heavy atom. The van der Waals surface area contributed by atoms with Crippen molar-refractivity contribution in [3.8, 4) is 67.3 Å². The van der Waals surface area contributed by atoms with Crippen LogP contribution in [0.1, 0.15) is 0 Å². The summed E-state index contributed by atoms with van der Waals surface area (Å²) < 4.78 is 9.20. The van der Waals surface area contributed by atoms with Gasteiger partial charge >= 0.3 is 0 Å². The largest absolute Gasteiger partial charge is 0.455 e. The Morgan fingerprint density at radius 3 is 1.73 bits per heavy atom. The summed E-state index contributed by atoms with van der Waals surface area (Å²) >= 11 is 1.85. The molecule has 0 aliphatic carbocycles. The van der Waals surface area contributed by atoms with Gasteiger partial charge in [-0.15, -0.1) is 11.3 Å². The summed E-state index contributed by atoms with van der Waals surface area (Å²) in [4.78, 5) is 10.3. The Kier molecular flexibility index (Phi) is 7.68. The summed E-state index contributed by atoms with van der Waals surface area (Å²) in [5, 5.41) is 4.83. The molecule has 0 fully saturated rings. The van der Waals surface area contributed by atoms with Crippen molar-refractivity contribution >= 4 is 53.4 Å². The van der Waals surface area contributed by atoms with Crippen LogP contribution in [-0.2, 0) is 0 Å². The third kappa shape index (κ3) is 5.67. The molecule has 3 nitrogen and oxygen atoms in total. The third-order valence-electron chi connectivity index (χ3n) is 10.7. The van der Waals surface area contributed by atoms with Gasteiger partial charge in [0.15, 0.2) is 5.82 Å². The fraction of sp³-hybridized carbons (Fsp3) is 0. The Labute approximate surface area is 327 Å². The van der Waals surface area contributed by atoms with Crippen LogP contribution >= 0.6 is 11.3 Å². The summed E-state index contributed by atoms with van der Waals surface area (Å²) in [7, 11) is 0. The molecular weight excluding hydrogens is 701 g/mol. The second-order valence-electron chi connectivity index (χ2n) is 14.2. The summed E-state index contributed by atoms with van der Waals surface area (Å²) in [5.74, 6) is 0.688. The highest BCUT2D eigenvalue weighted by atomic mass is 32.1. The molecule has 11 rings (SSSR count). The average molecular weight is 733 g/mol. The lowest BCUT2D eigenvalue weighted by atomic mass is 9.93. The Bertz CT molecular complexity index is 3180. The van der Waals surface area contributed by atoms with E-state index in [1.807, 2.05) is 47.7 Å². The number of hydrogen-bond acceptors (Lipinski definition) is 4. The fourth-order valence-corrected chi connectivity index (χ4v) is 8.99. The van der Waals surface area contributed by atoms with Crippen molar-refractivity contribution in [3.63, 3.8) is 0 Å². The predicted molar refractivity (Wildman–Crippen MR) is 235 cm³/mol. The maximum atomic E-state index is 6.57. The van der Waals surface area contributed by atoms with Crippen LogP contribution in [0.15, 0.2) is 199 Å². The highest BCUT2D eigenvalue weighted by Gasteiger charge is 2.17. The van der Waals surface area contributed by atoms with Gasteiger partial charge in [-0.3, -0.25) is 0 Å². The minimum Gasteiger partial charge on any atom is -0.455 e. The van der Waals surface area contributed by atoms with Gasteiger partial charge in [-0.2, -0.15) is 0 Å². The van der Waals surface area contributed by atoms with E-state index in [0.29, 0.717) is 5.82 Å². The molecule has 3 aromatic heterocycles. The number of fused-ring (bicyclic) bond motifs is 6. The molecule has 0 N–H and O–H groups in total. The first-order valence-electron chi connectivity index (χ1n) is 18.8. The second kappa shape index (κ2) is 13.3. The first-order chi connectivity index (χ1) is 27.7. The molecule has 11 aromatic rings. The van der Waals surface area contributed by atoms with Gasteiger partial charge < -0.3 is 4.42 Å². The molecule has 0 atom stereocenters. The highest BCUT2D eigenvalue weighted by molar-refractivity contribution is 7.25. The van der Waals surface area contributed by atoms with Crippen molar-refractivity contribution in [1.29, 1.82) is 0 Å². The van der Waals surface area contributed by atoms with Gasteiger partial charge in [-0.25, -0.2) is 9.97 Å². The topological polar surface area (TPSA) is 38.9 Å². The van der Waals surface area contributed by atoms with Crippen LogP contribution in [0.3, 0.4) is 0 Å². The van der Waals surface area contributed by atoms with E-state index < -0.39 is 0 Å². The number of hydrogen-bond donors (Lipinski definition) is 0. The van der Waals surface area contributed by atoms with Crippen LogP contribution in [0, 0.1) is 0 Å². The summed E-state index contributed by atoms with van der Waals surface area (Å²) in [6.45, 7) is 0. The molecule has 0 aliphatic rings. The number of furan rings is 1. The van der Waals surface area contributed by atoms with E-state index in [-0.39, 0.29) is 0 Å². The molecule has 0 unspecified atom stereocenters. The Balaban J connectivity index is 1.09. The zero-order valence-electron chi connectivity index (χ0n) is 30.2. The number of nitrogens with zero attached hydrogens (tertiary/aromatic N) is 2. The van der Waals surface area contributed by atoms with Crippen molar-refractivity contribution in [2.75, 3.05) is 0 Å². The van der Waals surface area contributed by atoms with E-state index in [1.165, 1.54) is 31.3 Å². The van der Waals surface area contributed by atoms with E-state index in [0.717, 1.165) is 72.3 Å². The minimum atomic E-state index is 0.688. The Hall–Kier alpha value is -7.14. The molecule has 0 aliphatic heterocycles. The van der Waals surface area contributed by atoms with Crippen molar-refractivity contribution in [3.05, 3.63) is 194 Å². The molecule has 0 spiro atoms. The first kappa shape index (κ1) is 32.3. The van der Waals surface area contributed by atoms with E-state index in [9.17, 15) is 0 Å². The molecule has 0 amide bonds. The molecular formula is C52H32N2OS. The van der Waals surface area contributed by atoms with Gasteiger partial charge in [0.2, 0.25) is 0 Å². The minimum absolute atomic E-state index is 0.688. The van der Waals surface area contributed by atoms with Gasteiger partial charge in [-0.1, -0.05) is 146 Å². The van der Waals surface area contributed by atoms with E-state index in [4.69, 9.17) is 14.4 Å². The fourth-order valence-electron chi connectivity index (χ4n) is 7.90. The number of rotatable bonds is 6.